The molecule has 0 saturated heterocycles. The molecular formula is C57H61F4O11S5+. The fourth-order valence-electron chi connectivity index (χ4n) is 6.72. The van der Waals surface area contributed by atoms with Gasteiger partial charge in [-0.15, -0.1) is 0 Å². The van der Waals surface area contributed by atoms with Crippen LogP contribution in [-0.2, 0) is 61.7 Å². The third kappa shape index (κ3) is 21.1. The van der Waals surface area contributed by atoms with Crippen molar-refractivity contribution in [2.45, 2.75) is 100 Å². The number of carbonyl (C=O) groups excluding carboxylic acids is 1. The summed E-state index contributed by atoms with van der Waals surface area (Å²) in [5, 5.41) is -4.61. The molecule has 0 aliphatic carbocycles. The number of halogens is 4. The quantitative estimate of drug-likeness (QED) is 0.0267. The predicted molar refractivity (Wildman–Crippen MR) is 294 cm³/mol. The highest BCUT2D eigenvalue weighted by molar-refractivity contribution is 7.97. The first-order valence-corrected chi connectivity index (χ1v) is 31.0. The summed E-state index contributed by atoms with van der Waals surface area (Å²) in [6, 6.07) is 70.2. The van der Waals surface area contributed by atoms with Crippen molar-refractivity contribution in [3.8, 4) is 5.75 Å². The number of rotatable bonds is 19. The van der Waals surface area contributed by atoms with E-state index in [-0.39, 0.29) is 33.5 Å². The molecule has 7 rings (SSSR count). The average Bonchev–Trinajstić information content (AvgIpc) is 3.39. The summed E-state index contributed by atoms with van der Waals surface area (Å²) < 4.78 is 144. The van der Waals surface area contributed by atoms with Crippen LogP contribution in [0.4, 0.5) is 17.6 Å². The third-order valence-corrected chi connectivity index (χ3v) is 18.5. The third-order valence-electron chi connectivity index (χ3n) is 11.1. The molecule has 0 heterocycles. The minimum atomic E-state index is -5.84. The minimum absolute atomic E-state index is 0.0146. The van der Waals surface area contributed by atoms with Gasteiger partial charge in [0.15, 0.2) is 51.3 Å². The van der Waals surface area contributed by atoms with Crippen LogP contribution in [0.2, 0.25) is 0 Å². The Hall–Kier alpha value is -6.00. The Morgan fingerprint density at radius 2 is 0.831 bits per heavy atom. The number of carbonyl (C=O) groups is 1. The second kappa shape index (κ2) is 29.7. The van der Waals surface area contributed by atoms with Crippen LogP contribution in [0.1, 0.15) is 58.9 Å². The van der Waals surface area contributed by atoms with E-state index in [0.717, 1.165) is 12.0 Å². The highest BCUT2D eigenvalue weighted by Crippen LogP contribution is 2.33. The van der Waals surface area contributed by atoms with Crippen molar-refractivity contribution < 1.29 is 65.6 Å². The molecule has 0 saturated carbocycles. The molecule has 0 fully saturated rings. The van der Waals surface area contributed by atoms with E-state index in [0.29, 0.717) is 13.3 Å². The maximum absolute atomic E-state index is 13.3. The molecule has 7 aromatic carbocycles. The Kier molecular flexibility index (Phi) is 24.5. The summed E-state index contributed by atoms with van der Waals surface area (Å²) in [7, 11) is -15.6. The van der Waals surface area contributed by atoms with E-state index in [2.05, 4.69) is 191 Å². The molecule has 3 unspecified atom stereocenters. The summed E-state index contributed by atoms with van der Waals surface area (Å²) in [6.45, 7) is 7.70. The van der Waals surface area contributed by atoms with Gasteiger partial charge in [0.1, 0.15) is 11.5 Å². The van der Waals surface area contributed by atoms with Crippen molar-refractivity contribution in [3.05, 3.63) is 212 Å². The highest BCUT2D eigenvalue weighted by atomic mass is 32.2. The molecule has 0 bridgehead atoms. The van der Waals surface area contributed by atoms with Crippen molar-refractivity contribution in [3.63, 3.8) is 0 Å². The van der Waals surface area contributed by atoms with Crippen molar-refractivity contribution in [2.24, 2.45) is 5.92 Å². The lowest BCUT2D eigenvalue weighted by molar-refractivity contribution is -0.164. The summed E-state index contributed by atoms with van der Waals surface area (Å²) in [5.41, 5.74) is 0.939. The van der Waals surface area contributed by atoms with Gasteiger partial charge in [-0.05, 0) is 116 Å². The fraction of sp³-hybridized carbons (Fsp3) is 0.246. The van der Waals surface area contributed by atoms with E-state index in [4.69, 9.17) is 4.55 Å². The van der Waals surface area contributed by atoms with Gasteiger partial charge in [0.2, 0.25) is 0 Å². The smallest absolute Gasteiger partial charge is 0.369 e. The van der Waals surface area contributed by atoms with Gasteiger partial charge in [0.05, 0.1) is 27.7 Å². The molecule has 77 heavy (non-hydrogen) atoms. The Balaban J connectivity index is 0.000000223. The Bertz CT molecular complexity index is 2880. The molecule has 0 aromatic heterocycles. The number of hydrogen-bond donors (Lipinski definition) is 1. The fourth-order valence-corrected chi connectivity index (χ4v) is 13.2. The van der Waals surface area contributed by atoms with Gasteiger partial charge in [-0.3, -0.25) is 9.35 Å². The van der Waals surface area contributed by atoms with E-state index in [1.54, 1.807) is 19.1 Å². The predicted octanol–water partition coefficient (Wildman–Crippen LogP) is 13.1. The van der Waals surface area contributed by atoms with Gasteiger partial charge in [0.25, 0.3) is 16.0 Å². The maximum atomic E-state index is 13.3. The number of ether oxygens (including phenoxy) is 1. The molecule has 20 heteroatoms. The standard InChI is InChI=1S/2C18H15S.C13H18F2O6S2.C8H14F2O5S/c2*1-4-10-16(11-5-1)19(17-12-6-2-7-13-17)18-14-8-3-9-15-18;1-3-10(2)11-4-6-12(7-5-11)21-23(19,20)9-13(14,15)8-22(16,17)18;1-4-5(2)7(11)15-6(3)8(9,10)16(12,13)14/h2*1-15H;4-7,10H,3,8-9H2,1-2H3,(H,16,17,18);5-6H,4H2,1-3H3,(H,12,13,14)/q2*+1;;/p-1. The molecule has 0 radical (unpaired) electrons. The lowest BCUT2D eigenvalue weighted by Gasteiger charge is -2.26. The Morgan fingerprint density at radius 3 is 1.09 bits per heavy atom. The minimum Gasteiger partial charge on any atom is -0.743 e. The number of alkyl halides is 4. The average molecular weight is 1160 g/mol. The number of hydrogen-bond acceptors (Lipinski definition) is 10. The van der Waals surface area contributed by atoms with Gasteiger partial charge < -0.3 is 13.5 Å². The van der Waals surface area contributed by atoms with Crippen molar-refractivity contribution >= 4 is 58.1 Å². The van der Waals surface area contributed by atoms with Crippen molar-refractivity contribution in [2.75, 3.05) is 11.5 Å². The van der Waals surface area contributed by atoms with Crippen LogP contribution in [0.3, 0.4) is 0 Å². The van der Waals surface area contributed by atoms with Crippen molar-refractivity contribution in [1.82, 2.24) is 0 Å². The number of esters is 1. The van der Waals surface area contributed by atoms with Gasteiger partial charge >= 0.3 is 21.3 Å². The van der Waals surface area contributed by atoms with E-state index in [9.17, 15) is 52.2 Å². The van der Waals surface area contributed by atoms with E-state index in [1.165, 1.54) is 48.4 Å². The second-order valence-corrected chi connectivity index (χ2v) is 25.7. The zero-order valence-electron chi connectivity index (χ0n) is 42.8. The monoisotopic (exact) mass is 1160 g/mol. The van der Waals surface area contributed by atoms with Crippen LogP contribution in [-0.4, -0.2) is 69.1 Å². The topological polar surface area (TPSA) is 181 Å². The van der Waals surface area contributed by atoms with E-state index in [1.807, 2.05) is 13.8 Å². The second-order valence-electron chi connectivity index (χ2n) is 17.1. The first kappa shape index (κ1) is 63.5. The first-order chi connectivity index (χ1) is 36.3. The molecule has 0 spiro atoms. The molecule has 11 nitrogen and oxygen atoms in total. The molecule has 1 N–H and O–H groups in total. The molecule has 0 aliphatic rings. The molecule has 3 atom stereocenters. The van der Waals surface area contributed by atoms with Crippen LogP contribution < -0.4 is 4.18 Å². The highest BCUT2D eigenvalue weighted by Gasteiger charge is 2.47. The van der Waals surface area contributed by atoms with Gasteiger partial charge in [-0.1, -0.05) is 149 Å². The summed E-state index contributed by atoms with van der Waals surface area (Å²) in [5.74, 6) is -9.50. The Morgan fingerprint density at radius 1 is 0.519 bits per heavy atom. The van der Waals surface area contributed by atoms with Gasteiger partial charge in [0, 0.05) is 0 Å². The molecular weight excluding hydrogens is 1100 g/mol. The molecule has 412 valence electrons. The molecule has 0 aliphatic heterocycles. The molecule has 7 aromatic rings. The lowest BCUT2D eigenvalue weighted by Crippen LogP contribution is -2.42. The zero-order chi connectivity index (χ0) is 56.9. The maximum Gasteiger partial charge on any atom is 0.369 e. The first-order valence-electron chi connectivity index (χ1n) is 23.9. The van der Waals surface area contributed by atoms with E-state index >= 15 is 0 Å². The largest absolute Gasteiger partial charge is 0.743 e. The van der Waals surface area contributed by atoms with Gasteiger partial charge in [-0.25, -0.2) is 17.2 Å². The normalized spacial score (nSPS) is 13.0. The summed E-state index contributed by atoms with van der Waals surface area (Å²) >= 11 is 0. The lowest BCUT2D eigenvalue weighted by atomic mass is 9.99. The molecule has 0 amide bonds. The van der Waals surface area contributed by atoms with Crippen LogP contribution >= 0.6 is 0 Å². The van der Waals surface area contributed by atoms with Gasteiger partial charge in [-0.2, -0.15) is 25.6 Å². The van der Waals surface area contributed by atoms with Crippen LogP contribution in [0.15, 0.2) is 236 Å². The van der Waals surface area contributed by atoms with Crippen LogP contribution in [0.5, 0.6) is 5.75 Å². The Labute approximate surface area is 456 Å². The summed E-state index contributed by atoms with van der Waals surface area (Å²) in [4.78, 5) is 19.3. The van der Waals surface area contributed by atoms with Crippen LogP contribution in [0, 0.1) is 5.92 Å². The number of benzene rings is 7. The SMILES string of the molecule is CCC(C)C(=O)OC(C)C(F)(F)S(=O)(=O)[O-].CCC(C)c1ccc(OS(=O)(=O)CC(F)(F)CS(=O)(=O)O)cc1.c1ccc([S+](c2ccccc2)c2ccccc2)cc1.c1ccc([S+](c2ccccc2)c2ccccc2)cc1. The van der Waals surface area contributed by atoms with Crippen LogP contribution in [0.25, 0.3) is 0 Å². The van der Waals surface area contributed by atoms with E-state index < -0.39 is 71.0 Å². The zero-order valence-corrected chi connectivity index (χ0v) is 46.9. The van der Waals surface area contributed by atoms with Crippen molar-refractivity contribution in [1.29, 1.82) is 0 Å². The summed E-state index contributed by atoms with van der Waals surface area (Å²) in [6.07, 6.45) is -1.06.